The molecule has 1 aliphatic rings. The Bertz CT molecular complexity index is 578. The molecule has 4 nitrogen and oxygen atoms in total. The number of ether oxygens (including phenoxy) is 1. The van der Waals surface area contributed by atoms with E-state index in [-0.39, 0.29) is 24.1 Å². The highest BCUT2D eigenvalue weighted by Gasteiger charge is 2.56. The van der Waals surface area contributed by atoms with Crippen LogP contribution in [-0.2, 0) is 16.9 Å². The van der Waals surface area contributed by atoms with Crippen molar-refractivity contribution in [2.75, 3.05) is 0 Å². The molecule has 19 heavy (non-hydrogen) atoms. The van der Waals surface area contributed by atoms with E-state index in [0.29, 0.717) is 6.54 Å². The molecule has 0 bridgehead atoms. The van der Waals surface area contributed by atoms with E-state index in [1.807, 2.05) is 6.92 Å². The lowest BCUT2D eigenvalue weighted by atomic mass is 9.95. The van der Waals surface area contributed by atoms with Crippen LogP contribution in [0.3, 0.4) is 0 Å². The SMILES string of the molecule is C[C@@H]1O[C@@]1(Cn1cncn1)c1cc(F)ccc1F.Cl. The molecule has 7 heteroatoms. The lowest BCUT2D eigenvalue weighted by molar-refractivity contribution is 0.257. The molecular formula is C12H12ClF2N3O. The molecule has 1 fully saturated rings. The van der Waals surface area contributed by atoms with Crippen molar-refractivity contribution in [2.45, 2.75) is 25.2 Å². The van der Waals surface area contributed by atoms with E-state index in [0.717, 1.165) is 12.1 Å². The summed E-state index contributed by atoms with van der Waals surface area (Å²) in [5.74, 6) is -0.951. The molecule has 2 atom stereocenters. The summed E-state index contributed by atoms with van der Waals surface area (Å²) in [6, 6.07) is 3.38. The number of epoxide rings is 1. The highest BCUT2D eigenvalue weighted by atomic mass is 35.5. The van der Waals surface area contributed by atoms with E-state index < -0.39 is 17.2 Å². The molecule has 0 unspecified atom stereocenters. The normalized spacial score (nSPS) is 24.9. The van der Waals surface area contributed by atoms with Gasteiger partial charge < -0.3 is 4.74 Å². The van der Waals surface area contributed by atoms with Crippen molar-refractivity contribution in [3.05, 3.63) is 48.1 Å². The predicted octanol–water partition coefficient (Wildman–Crippen LogP) is 2.29. The van der Waals surface area contributed by atoms with Crippen molar-refractivity contribution in [1.29, 1.82) is 0 Å². The third-order valence-electron chi connectivity index (χ3n) is 3.23. The minimum absolute atomic E-state index is 0. The van der Waals surface area contributed by atoms with Gasteiger partial charge in [-0.3, -0.25) is 0 Å². The molecule has 1 aliphatic heterocycles. The van der Waals surface area contributed by atoms with Gasteiger partial charge in [0.15, 0.2) is 0 Å². The maximum atomic E-state index is 13.8. The Balaban J connectivity index is 0.00000133. The van der Waals surface area contributed by atoms with Crippen LogP contribution in [0, 0.1) is 11.6 Å². The number of hydrogen-bond donors (Lipinski definition) is 0. The Labute approximate surface area is 114 Å². The van der Waals surface area contributed by atoms with Crippen LogP contribution in [0.4, 0.5) is 8.78 Å². The van der Waals surface area contributed by atoms with Crippen LogP contribution < -0.4 is 0 Å². The molecule has 2 aromatic rings. The number of rotatable bonds is 3. The van der Waals surface area contributed by atoms with Crippen LogP contribution in [-0.4, -0.2) is 20.9 Å². The number of benzene rings is 1. The van der Waals surface area contributed by atoms with Crippen molar-refractivity contribution >= 4 is 12.4 Å². The smallest absolute Gasteiger partial charge is 0.142 e. The lowest BCUT2D eigenvalue weighted by Crippen LogP contribution is -2.22. The molecule has 0 radical (unpaired) electrons. The largest absolute Gasteiger partial charge is 0.359 e. The zero-order valence-corrected chi connectivity index (χ0v) is 10.9. The van der Waals surface area contributed by atoms with Gasteiger partial charge in [0.25, 0.3) is 0 Å². The van der Waals surface area contributed by atoms with Gasteiger partial charge in [-0.1, -0.05) is 0 Å². The second-order valence-corrected chi connectivity index (χ2v) is 4.37. The fourth-order valence-electron chi connectivity index (χ4n) is 2.19. The fraction of sp³-hybridized carbons (Fsp3) is 0.333. The van der Waals surface area contributed by atoms with Crippen molar-refractivity contribution in [3.63, 3.8) is 0 Å². The van der Waals surface area contributed by atoms with Gasteiger partial charge in [0.1, 0.15) is 29.9 Å². The zero-order chi connectivity index (χ0) is 12.8. The van der Waals surface area contributed by atoms with Gasteiger partial charge in [-0.25, -0.2) is 18.4 Å². The molecule has 2 heterocycles. The van der Waals surface area contributed by atoms with E-state index >= 15 is 0 Å². The van der Waals surface area contributed by atoms with Crippen LogP contribution in [0.1, 0.15) is 12.5 Å². The minimum atomic E-state index is -0.847. The topological polar surface area (TPSA) is 43.2 Å². The molecule has 0 spiro atoms. The zero-order valence-electron chi connectivity index (χ0n) is 10.1. The fourth-order valence-corrected chi connectivity index (χ4v) is 2.19. The van der Waals surface area contributed by atoms with Gasteiger partial charge in [0, 0.05) is 5.56 Å². The highest BCUT2D eigenvalue weighted by molar-refractivity contribution is 5.85. The lowest BCUT2D eigenvalue weighted by Gasteiger charge is -2.14. The van der Waals surface area contributed by atoms with Crippen LogP contribution in [0.2, 0.25) is 0 Å². The van der Waals surface area contributed by atoms with Gasteiger partial charge in [-0.05, 0) is 25.1 Å². The first-order valence-corrected chi connectivity index (χ1v) is 5.57. The quantitative estimate of drug-likeness (QED) is 0.814. The third kappa shape index (κ3) is 2.33. The number of nitrogens with zero attached hydrogens (tertiary/aromatic N) is 3. The molecule has 1 saturated heterocycles. The second-order valence-electron chi connectivity index (χ2n) is 4.37. The summed E-state index contributed by atoms with van der Waals surface area (Å²) in [6.07, 6.45) is 2.73. The van der Waals surface area contributed by atoms with Gasteiger partial charge >= 0.3 is 0 Å². The van der Waals surface area contributed by atoms with Crippen LogP contribution in [0.15, 0.2) is 30.9 Å². The van der Waals surface area contributed by atoms with Crippen LogP contribution in [0.25, 0.3) is 0 Å². The Hall–Kier alpha value is -1.53. The van der Waals surface area contributed by atoms with Gasteiger partial charge in [-0.15, -0.1) is 12.4 Å². The first kappa shape index (κ1) is 13.9. The highest BCUT2D eigenvalue weighted by Crippen LogP contribution is 2.48. The standard InChI is InChI=1S/C12H11F2N3O.ClH/c1-8-12(18-8,5-17-7-15-6-16-17)10-4-9(13)2-3-11(10)14;/h2-4,6-8H,5H2,1H3;1H/t8-,12+;/m0./s1. The molecule has 102 valence electrons. The Morgan fingerprint density at radius 3 is 2.74 bits per heavy atom. The van der Waals surface area contributed by atoms with E-state index in [2.05, 4.69) is 10.1 Å². The van der Waals surface area contributed by atoms with Gasteiger partial charge in [0.2, 0.25) is 0 Å². The van der Waals surface area contributed by atoms with E-state index in [4.69, 9.17) is 4.74 Å². The average molecular weight is 288 g/mol. The second kappa shape index (κ2) is 4.86. The Morgan fingerprint density at radius 1 is 1.42 bits per heavy atom. The number of aromatic nitrogens is 3. The Morgan fingerprint density at radius 2 is 2.16 bits per heavy atom. The molecular weight excluding hydrogens is 276 g/mol. The van der Waals surface area contributed by atoms with Crippen molar-refractivity contribution in [1.82, 2.24) is 14.8 Å². The molecule has 0 amide bonds. The minimum Gasteiger partial charge on any atom is -0.359 e. The molecule has 0 saturated carbocycles. The first-order chi connectivity index (χ1) is 8.62. The monoisotopic (exact) mass is 287 g/mol. The average Bonchev–Trinajstić information content (AvgIpc) is 2.77. The third-order valence-corrected chi connectivity index (χ3v) is 3.23. The predicted molar refractivity (Wildman–Crippen MR) is 65.9 cm³/mol. The maximum absolute atomic E-state index is 13.8. The van der Waals surface area contributed by atoms with E-state index in [9.17, 15) is 8.78 Å². The summed E-state index contributed by atoms with van der Waals surface area (Å²) in [6.45, 7) is 2.13. The van der Waals surface area contributed by atoms with Crippen LogP contribution >= 0.6 is 12.4 Å². The van der Waals surface area contributed by atoms with Gasteiger partial charge in [-0.2, -0.15) is 5.10 Å². The number of hydrogen-bond acceptors (Lipinski definition) is 3. The van der Waals surface area contributed by atoms with Crippen LogP contribution in [0.5, 0.6) is 0 Å². The summed E-state index contributed by atoms with van der Waals surface area (Å²) >= 11 is 0. The molecule has 0 aliphatic carbocycles. The molecule has 1 aromatic heterocycles. The molecule has 1 aromatic carbocycles. The number of halogens is 3. The Kier molecular flexibility index (Phi) is 3.56. The molecule has 0 N–H and O–H groups in total. The van der Waals surface area contributed by atoms with E-state index in [1.54, 1.807) is 4.68 Å². The van der Waals surface area contributed by atoms with Crippen molar-refractivity contribution in [2.24, 2.45) is 0 Å². The maximum Gasteiger partial charge on any atom is 0.142 e. The summed E-state index contributed by atoms with van der Waals surface area (Å²) in [5, 5.41) is 3.96. The van der Waals surface area contributed by atoms with Crippen molar-refractivity contribution < 1.29 is 13.5 Å². The summed E-state index contributed by atoms with van der Waals surface area (Å²) in [5.41, 5.74) is -0.620. The summed E-state index contributed by atoms with van der Waals surface area (Å²) in [7, 11) is 0. The first-order valence-electron chi connectivity index (χ1n) is 5.57. The van der Waals surface area contributed by atoms with E-state index in [1.165, 1.54) is 18.7 Å². The van der Waals surface area contributed by atoms with Gasteiger partial charge in [0.05, 0.1) is 12.6 Å². The summed E-state index contributed by atoms with van der Waals surface area (Å²) < 4.78 is 34.1. The summed E-state index contributed by atoms with van der Waals surface area (Å²) in [4.78, 5) is 3.82. The molecule has 3 rings (SSSR count). The van der Waals surface area contributed by atoms with Crippen molar-refractivity contribution in [3.8, 4) is 0 Å².